The lowest BCUT2D eigenvalue weighted by Gasteiger charge is -2.37. The van der Waals surface area contributed by atoms with Crippen LogP contribution in [0.25, 0.3) is 22.4 Å². The first-order valence-electron chi connectivity index (χ1n) is 12.2. The molecule has 33 heavy (non-hydrogen) atoms. The van der Waals surface area contributed by atoms with Gasteiger partial charge in [0, 0.05) is 25.3 Å². The van der Waals surface area contributed by atoms with E-state index < -0.39 is 6.04 Å². The maximum atomic E-state index is 13.5. The Morgan fingerprint density at radius 1 is 1.06 bits per heavy atom. The molecule has 1 fully saturated rings. The molecule has 2 aromatic carbocycles. The Labute approximate surface area is 197 Å². The zero-order chi connectivity index (χ0) is 23.7. The average molecular weight is 448 g/mol. The van der Waals surface area contributed by atoms with E-state index in [0.29, 0.717) is 17.8 Å². The van der Waals surface area contributed by atoms with Gasteiger partial charge in [-0.15, -0.1) is 0 Å². The summed E-state index contributed by atoms with van der Waals surface area (Å²) in [6.45, 7) is 8.68. The first kappa shape index (κ1) is 23.3. The summed E-state index contributed by atoms with van der Waals surface area (Å²) in [6.07, 6.45) is 3.28. The lowest BCUT2D eigenvalue weighted by Crippen LogP contribution is -2.37. The molecule has 0 radical (unpaired) electrons. The number of hydrogen-bond acceptors (Lipinski definition) is 4. The van der Waals surface area contributed by atoms with Crippen molar-refractivity contribution in [3.05, 3.63) is 48.5 Å². The first-order chi connectivity index (χ1) is 15.8. The number of nitrogens with zero attached hydrogens (tertiary/aromatic N) is 3. The minimum Gasteiger partial charge on any atom is -0.461 e. The van der Waals surface area contributed by atoms with Crippen LogP contribution < -0.4 is 4.90 Å². The third kappa shape index (κ3) is 4.78. The second-order valence-electron chi connectivity index (χ2n) is 10.2. The van der Waals surface area contributed by atoms with Crippen LogP contribution in [0.1, 0.15) is 53.0 Å². The highest BCUT2D eigenvalue weighted by atomic mass is 16.5. The highest BCUT2D eigenvalue weighted by molar-refractivity contribution is 5.85. The summed E-state index contributed by atoms with van der Waals surface area (Å²) in [6, 6.07) is 15.9. The van der Waals surface area contributed by atoms with Crippen LogP contribution in [-0.2, 0) is 9.53 Å². The third-order valence-corrected chi connectivity index (χ3v) is 7.19. The quantitative estimate of drug-likeness (QED) is 0.414. The van der Waals surface area contributed by atoms with E-state index in [9.17, 15) is 4.79 Å². The number of carbonyl (C=O) groups is 1. The van der Waals surface area contributed by atoms with E-state index in [4.69, 9.17) is 9.72 Å². The Bertz CT molecular complexity index is 1100. The standard InChI is InChI=1S/C28H37N3O2/c1-18(2)23-16-11-19(3)17-26(23)33-28(32)20(4)31-25-10-8-7-9-24(25)29-27(31)21-12-14-22(15-13-21)30(5)6/h7-10,12-15,18-20,23,26H,11,16-17H2,1-6H3/t19-,20-,23+,26?/m1/s1. The fourth-order valence-corrected chi connectivity index (χ4v) is 5.15. The van der Waals surface area contributed by atoms with E-state index >= 15 is 0 Å². The molecule has 0 bridgehead atoms. The molecule has 1 heterocycles. The molecule has 0 spiro atoms. The van der Waals surface area contributed by atoms with Crippen LogP contribution in [0.15, 0.2) is 48.5 Å². The lowest BCUT2D eigenvalue weighted by molar-refractivity contribution is -0.159. The Morgan fingerprint density at radius 3 is 2.42 bits per heavy atom. The van der Waals surface area contributed by atoms with Crippen LogP contribution in [0.5, 0.6) is 0 Å². The van der Waals surface area contributed by atoms with Crippen molar-refractivity contribution in [2.45, 2.75) is 59.1 Å². The zero-order valence-electron chi connectivity index (χ0n) is 20.8. The molecule has 5 nitrogen and oxygen atoms in total. The van der Waals surface area contributed by atoms with Crippen molar-refractivity contribution in [3.63, 3.8) is 0 Å². The predicted octanol–water partition coefficient (Wildman–Crippen LogP) is 6.33. The van der Waals surface area contributed by atoms with Gasteiger partial charge in [-0.3, -0.25) is 0 Å². The van der Waals surface area contributed by atoms with Crippen molar-refractivity contribution in [1.29, 1.82) is 0 Å². The number of benzene rings is 2. The Hall–Kier alpha value is -2.82. The van der Waals surface area contributed by atoms with Crippen LogP contribution in [0.3, 0.4) is 0 Å². The minimum absolute atomic E-state index is 0.0127. The second-order valence-corrected chi connectivity index (χ2v) is 10.2. The van der Waals surface area contributed by atoms with Crippen molar-refractivity contribution in [3.8, 4) is 11.4 Å². The van der Waals surface area contributed by atoms with Gasteiger partial charge in [-0.2, -0.15) is 0 Å². The molecule has 4 atom stereocenters. The van der Waals surface area contributed by atoms with Crippen LogP contribution in [0.4, 0.5) is 5.69 Å². The number of hydrogen-bond donors (Lipinski definition) is 0. The molecule has 1 aliphatic rings. The molecule has 3 aromatic rings. The van der Waals surface area contributed by atoms with Gasteiger partial charge < -0.3 is 14.2 Å². The summed E-state index contributed by atoms with van der Waals surface area (Å²) in [5.41, 5.74) is 3.95. The summed E-state index contributed by atoms with van der Waals surface area (Å²) >= 11 is 0. The fraction of sp³-hybridized carbons (Fsp3) is 0.500. The van der Waals surface area contributed by atoms with Crippen molar-refractivity contribution in [2.24, 2.45) is 17.8 Å². The molecular formula is C28H37N3O2. The van der Waals surface area contributed by atoms with Gasteiger partial charge in [0.1, 0.15) is 18.0 Å². The topological polar surface area (TPSA) is 47.4 Å². The summed E-state index contributed by atoms with van der Waals surface area (Å²) in [5.74, 6) is 2.14. The smallest absolute Gasteiger partial charge is 0.329 e. The van der Waals surface area contributed by atoms with E-state index in [-0.39, 0.29) is 12.1 Å². The van der Waals surface area contributed by atoms with Crippen molar-refractivity contribution < 1.29 is 9.53 Å². The molecule has 1 aliphatic carbocycles. The molecule has 0 saturated heterocycles. The number of anilines is 1. The number of carbonyl (C=O) groups excluding carboxylic acids is 1. The van der Waals surface area contributed by atoms with Crippen LogP contribution in [0, 0.1) is 17.8 Å². The van der Waals surface area contributed by atoms with Gasteiger partial charge in [0.05, 0.1) is 11.0 Å². The molecule has 0 aliphatic heterocycles. The SMILES string of the molecule is CC(C)[C@@H]1CC[C@@H](C)CC1OC(=O)[C@@H](C)n1c(-c2ccc(N(C)C)cc2)nc2ccccc21. The van der Waals surface area contributed by atoms with Gasteiger partial charge in [0.15, 0.2) is 0 Å². The monoisotopic (exact) mass is 447 g/mol. The fourth-order valence-electron chi connectivity index (χ4n) is 5.15. The Morgan fingerprint density at radius 2 is 1.76 bits per heavy atom. The van der Waals surface area contributed by atoms with Gasteiger partial charge in [0.25, 0.3) is 0 Å². The number of ether oxygens (including phenoxy) is 1. The second kappa shape index (κ2) is 9.58. The van der Waals surface area contributed by atoms with Crippen LogP contribution in [0.2, 0.25) is 0 Å². The molecule has 1 unspecified atom stereocenters. The number of rotatable bonds is 6. The largest absolute Gasteiger partial charge is 0.461 e. The van der Waals surface area contributed by atoms with Gasteiger partial charge in [-0.25, -0.2) is 9.78 Å². The zero-order valence-corrected chi connectivity index (χ0v) is 20.8. The number of aromatic nitrogens is 2. The summed E-state index contributed by atoms with van der Waals surface area (Å²) in [5, 5.41) is 0. The van der Waals surface area contributed by atoms with Gasteiger partial charge in [-0.05, 0) is 73.9 Å². The highest BCUT2D eigenvalue weighted by Crippen LogP contribution is 2.37. The number of esters is 1. The molecule has 176 valence electrons. The van der Waals surface area contributed by atoms with E-state index in [1.165, 1.54) is 6.42 Å². The van der Waals surface area contributed by atoms with E-state index in [0.717, 1.165) is 41.0 Å². The molecule has 4 rings (SSSR count). The van der Waals surface area contributed by atoms with Crippen molar-refractivity contribution in [1.82, 2.24) is 9.55 Å². The number of fused-ring (bicyclic) bond motifs is 1. The lowest BCUT2D eigenvalue weighted by atomic mass is 9.75. The molecule has 5 heteroatoms. The van der Waals surface area contributed by atoms with Crippen molar-refractivity contribution >= 4 is 22.7 Å². The maximum Gasteiger partial charge on any atom is 0.329 e. The Kier molecular flexibility index (Phi) is 6.78. The van der Waals surface area contributed by atoms with Crippen LogP contribution in [-0.4, -0.2) is 35.7 Å². The minimum atomic E-state index is -0.467. The average Bonchev–Trinajstić information content (AvgIpc) is 3.18. The van der Waals surface area contributed by atoms with E-state index in [1.807, 2.05) is 49.9 Å². The summed E-state index contributed by atoms with van der Waals surface area (Å²) < 4.78 is 8.26. The predicted molar refractivity (Wildman–Crippen MR) is 135 cm³/mol. The molecule has 1 aromatic heterocycles. The molecule has 1 saturated carbocycles. The Balaban J connectivity index is 1.68. The van der Waals surface area contributed by atoms with Gasteiger partial charge >= 0.3 is 5.97 Å². The van der Waals surface area contributed by atoms with E-state index in [1.54, 1.807) is 0 Å². The third-order valence-electron chi connectivity index (χ3n) is 7.19. The van der Waals surface area contributed by atoms with Crippen LogP contribution >= 0.6 is 0 Å². The van der Waals surface area contributed by atoms with Crippen molar-refractivity contribution in [2.75, 3.05) is 19.0 Å². The summed E-state index contributed by atoms with van der Waals surface area (Å²) in [4.78, 5) is 20.5. The molecule has 0 amide bonds. The molecular weight excluding hydrogens is 410 g/mol. The van der Waals surface area contributed by atoms with Gasteiger partial charge in [-0.1, -0.05) is 39.3 Å². The normalized spacial score (nSPS) is 21.8. The van der Waals surface area contributed by atoms with Gasteiger partial charge in [0.2, 0.25) is 0 Å². The maximum absolute atomic E-state index is 13.5. The van der Waals surface area contributed by atoms with E-state index in [2.05, 4.69) is 49.9 Å². The first-order valence-corrected chi connectivity index (χ1v) is 12.2. The number of para-hydroxylation sites is 2. The highest BCUT2D eigenvalue weighted by Gasteiger charge is 2.35. The molecule has 0 N–H and O–H groups in total. The number of imidazole rings is 1. The summed E-state index contributed by atoms with van der Waals surface area (Å²) in [7, 11) is 4.05.